The molecule has 2 aromatic carbocycles. The highest BCUT2D eigenvalue weighted by molar-refractivity contribution is 7.90. The molecule has 1 heterocycles. The summed E-state index contributed by atoms with van der Waals surface area (Å²) in [7, 11) is -3.70. The number of amidine groups is 1. The van der Waals surface area contributed by atoms with Crippen molar-refractivity contribution in [1.82, 2.24) is 15.6 Å². The first-order valence-corrected chi connectivity index (χ1v) is 10.1. The molecular formula is C19H20N4O4S. The number of carbonyl (C=O) groups excluding carboxylic acids is 2. The molecule has 0 saturated heterocycles. The lowest BCUT2D eigenvalue weighted by atomic mass is 10.0. The molecule has 0 saturated carbocycles. The van der Waals surface area contributed by atoms with Gasteiger partial charge in [-0.15, -0.1) is 0 Å². The highest BCUT2D eigenvalue weighted by Crippen LogP contribution is 2.23. The van der Waals surface area contributed by atoms with Crippen LogP contribution in [0.4, 0.5) is 0 Å². The molecule has 9 heteroatoms. The maximum Gasteiger partial charge on any atom is 0.269 e. The van der Waals surface area contributed by atoms with Crippen LogP contribution in [0.15, 0.2) is 64.5 Å². The number of nitrogens with zero attached hydrogens (tertiary/aromatic N) is 1. The molecule has 0 aliphatic carbocycles. The van der Waals surface area contributed by atoms with Crippen molar-refractivity contribution >= 4 is 27.7 Å². The summed E-state index contributed by atoms with van der Waals surface area (Å²) in [4.78, 5) is 29.1. The molecule has 0 aromatic heterocycles. The van der Waals surface area contributed by atoms with Crippen molar-refractivity contribution in [3.63, 3.8) is 0 Å². The average Bonchev–Trinajstić information content (AvgIpc) is 2.95. The van der Waals surface area contributed by atoms with Crippen molar-refractivity contribution < 1.29 is 18.0 Å². The second-order valence-electron chi connectivity index (χ2n) is 6.58. The van der Waals surface area contributed by atoms with Crippen LogP contribution in [0, 0.1) is 5.92 Å². The molecule has 2 amide bonds. The highest BCUT2D eigenvalue weighted by atomic mass is 32.2. The molecule has 2 aromatic rings. The number of hydrazine groups is 1. The third-order valence-corrected chi connectivity index (χ3v) is 5.56. The van der Waals surface area contributed by atoms with E-state index >= 15 is 0 Å². The number of nitrogens with one attached hydrogen (secondary N) is 3. The van der Waals surface area contributed by atoms with Crippen molar-refractivity contribution in [3.8, 4) is 0 Å². The molecular weight excluding hydrogens is 380 g/mol. The Labute approximate surface area is 163 Å². The van der Waals surface area contributed by atoms with Gasteiger partial charge in [-0.05, 0) is 30.2 Å². The van der Waals surface area contributed by atoms with Crippen molar-refractivity contribution in [2.75, 3.05) is 0 Å². The van der Waals surface area contributed by atoms with Gasteiger partial charge in [0.1, 0.15) is 11.9 Å². The summed E-state index contributed by atoms with van der Waals surface area (Å²) < 4.78 is 26.8. The summed E-state index contributed by atoms with van der Waals surface area (Å²) in [6.07, 6.45) is 0. The van der Waals surface area contributed by atoms with Crippen LogP contribution in [0.2, 0.25) is 0 Å². The Balaban J connectivity index is 1.78. The molecule has 0 bridgehead atoms. The minimum Gasteiger partial charge on any atom is -0.271 e. The number of fused-ring (bicyclic) bond motifs is 1. The van der Waals surface area contributed by atoms with Gasteiger partial charge in [-0.3, -0.25) is 30.2 Å². The summed E-state index contributed by atoms with van der Waals surface area (Å²) in [5.74, 6) is -1.14. The monoisotopic (exact) mass is 400 g/mol. The van der Waals surface area contributed by atoms with Crippen LogP contribution in [0.3, 0.4) is 0 Å². The van der Waals surface area contributed by atoms with Crippen LogP contribution in [-0.2, 0) is 14.8 Å². The van der Waals surface area contributed by atoms with Gasteiger partial charge in [0.05, 0.1) is 4.90 Å². The average molecular weight is 400 g/mol. The first-order chi connectivity index (χ1) is 13.3. The molecule has 0 fully saturated rings. The van der Waals surface area contributed by atoms with Gasteiger partial charge in [0.15, 0.2) is 0 Å². The first-order valence-electron chi connectivity index (χ1n) is 8.65. The molecule has 1 aliphatic rings. The molecule has 1 unspecified atom stereocenters. The number of carbonyl (C=O) groups is 2. The van der Waals surface area contributed by atoms with Crippen LogP contribution in [0.25, 0.3) is 0 Å². The van der Waals surface area contributed by atoms with Crippen molar-refractivity contribution in [1.29, 1.82) is 0 Å². The second-order valence-corrected chi connectivity index (χ2v) is 8.23. The van der Waals surface area contributed by atoms with Crippen molar-refractivity contribution in [2.45, 2.75) is 24.8 Å². The standard InChI is InChI=1S/C19H20N4O4S/c1-12(2)16(19(25)22-21-18(24)13-8-4-3-5-9-13)20-17-14-10-6-7-11-15(14)28(26,27)23-17/h3-12,16H,1-2H3,(H,20,23)(H,21,24)(H,22,25). The fraction of sp³-hybridized carbons (Fsp3) is 0.211. The quantitative estimate of drug-likeness (QED) is 0.669. The van der Waals surface area contributed by atoms with Gasteiger partial charge in [0, 0.05) is 11.1 Å². The maximum absolute atomic E-state index is 12.6. The minimum absolute atomic E-state index is 0.110. The number of sulfonamides is 1. The lowest BCUT2D eigenvalue weighted by Gasteiger charge is -2.17. The first kappa shape index (κ1) is 19.6. The molecule has 3 rings (SSSR count). The zero-order valence-corrected chi connectivity index (χ0v) is 16.2. The van der Waals surface area contributed by atoms with E-state index in [-0.39, 0.29) is 16.6 Å². The lowest BCUT2D eigenvalue weighted by Crippen LogP contribution is -2.47. The summed E-state index contributed by atoms with van der Waals surface area (Å²) >= 11 is 0. The van der Waals surface area contributed by atoms with E-state index in [9.17, 15) is 18.0 Å². The Morgan fingerprint density at radius 2 is 1.61 bits per heavy atom. The third-order valence-electron chi connectivity index (χ3n) is 4.17. The van der Waals surface area contributed by atoms with Gasteiger partial charge in [-0.2, -0.15) is 0 Å². The smallest absolute Gasteiger partial charge is 0.269 e. The lowest BCUT2D eigenvalue weighted by molar-refractivity contribution is -0.123. The van der Waals surface area contributed by atoms with E-state index in [0.717, 1.165) is 0 Å². The minimum atomic E-state index is -3.70. The highest BCUT2D eigenvalue weighted by Gasteiger charge is 2.32. The summed E-state index contributed by atoms with van der Waals surface area (Å²) in [6, 6.07) is 13.9. The maximum atomic E-state index is 12.6. The van der Waals surface area contributed by atoms with Gasteiger partial charge >= 0.3 is 0 Å². The topological polar surface area (TPSA) is 117 Å². The fourth-order valence-electron chi connectivity index (χ4n) is 2.73. The van der Waals surface area contributed by atoms with Gasteiger partial charge < -0.3 is 0 Å². The van der Waals surface area contributed by atoms with E-state index < -0.39 is 27.9 Å². The Morgan fingerprint density at radius 3 is 2.29 bits per heavy atom. The van der Waals surface area contributed by atoms with E-state index in [1.54, 1.807) is 62.4 Å². The summed E-state index contributed by atoms with van der Waals surface area (Å²) in [5, 5.41) is 0. The molecule has 146 valence electrons. The van der Waals surface area contributed by atoms with Crippen LogP contribution >= 0.6 is 0 Å². The predicted octanol–water partition coefficient (Wildman–Crippen LogP) is 1.21. The number of aliphatic imine (C=N–C) groups is 1. The van der Waals surface area contributed by atoms with E-state index in [4.69, 9.17) is 0 Å². The molecule has 1 atom stereocenters. The number of rotatable bonds is 4. The van der Waals surface area contributed by atoms with Crippen LogP contribution in [-0.4, -0.2) is 32.1 Å². The Hall–Kier alpha value is -3.20. The molecule has 0 radical (unpaired) electrons. The number of amides is 2. The predicted molar refractivity (Wildman–Crippen MR) is 104 cm³/mol. The molecule has 3 N–H and O–H groups in total. The number of hydrogen-bond donors (Lipinski definition) is 3. The van der Waals surface area contributed by atoms with Gasteiger partial charge in [-0.25, -0.2) is 8.42 Å². The summed E-state index contributed by atoms with van der Waals surface area (Å²) in [6.45, 7) is 3.56. The van der Waals surface area contributed by atoms with E-state index in [1.165, 1.54) is 6.07 Å². The zero-order chi connectivity index (χ0) is 20.3. The molecule has 1 aliphatic heterocycles. The van der Waals surface area contributed by atoms with Gasteiger partial charge in [0.2, 0.25) is 0 Å². The van der Waals surface area contributed by atoms with Crippen LogP contribution in [0.1, 0.15) is 29.8 Å². The van der Waals surface area contributed by atoms with E-state index in [1.807, 2.05) is 0 Å². The molecule has 28 heavy (non-hydrogen) atoms. The normalized spacial score (nSPS) is 16.9. The Kier molecular flexibility index (Phi) is 5.46. The third kappa shape index (κ3) is 4.04. The fourth-order valence-corrected chi connectivity index (χ4v) is 3.97. The Bertz CT molecular complexity index is 1030. The van der Waals surface area contributed by atoms with Gasteiger partial charge in [-0.1, -0.05) is 44.2 Å². The zero-order valence-electron chi connectivity index (χ0n) is 15.3. The Morgan fingerprint density at radius 1 is 0.964 bits per heavy atom. The summed E-state index contributed by atoms with van der Waals surface area (Å²) in [5.41, 5.74) is 5.51. The van der Waals surface area contributed by atoms with Crippen LogP contribution in [0.5, 0.6) is 0 Å². The van der Waals surface area contributed by atoms with Crippen LogP contribution < -0.4 is 15.6 Å². The molecule has 0 spiro atoms. The van der Waals surface area contributed by atoms with Crippen molar-refractivity contribution in [3.05, 3.63) is 65.7 Å². The second kappa shape index (κ2) is 7.81. The SMILES string of the molecule is CC(C)C(N=C1NS(=O)(=O)c2ccccc21)C(=O)NNC(=O)c1ccccc1. The van der Waals surface area contributed by atoms with E-state index in [2.05, 4.69) is 20.6 Å². The van der Waals surface area contributed by atoms with Gasteiger partial charge in [0.25, 0.3) is 21.8 Å². The number of benzene rings is 2. The van der Waals surface area contributed by atoms with E-state index in [0.29, 0.717) is 11.1 Å². The molecule has 8 nitrogen and oxygen atoms in total. The largest absolute Gasteiger partial charge is 0.271 e. The van der Waals surface area contributed by atoms with Crippen molar-refractivity contribution in [2.24, 2.45) is 10.9 Å². The number of hydrogen-bond acceptors (Lipinski definition) is 5.